The maximum absolute atomic E-state index is 3.76. The van der Waals surface area contributed by atoms with Crippen molar-refractivity contribution in [2.24, 2.45) is 11.3 Å². The summed E-state index contributed by atoms with van der Waals surface area (Å²) in [6, 6.07) is 0.694. The first kappa shape index (κ1) is 16.3. The monoisotopic (exact) mass is 280 g/mol. The molecule has 2 rings (SSSR count). The molecule has 0 bridgehead atoms. The molecule has 1 saturated heterocycles. The largest absolute Gasteiger partial charge is 0.309 e. The molecule has 0 spiro atoms. The van der Waals surface area contributed by atoms with Crippen molar-refractivity contribution in [3.8, 4) is 0 Å². The van der Waals surface area contributed by atoms with Gasteiger partial charge in [-0.1, -0.05) is 33.6 Å². The number of nitrogens with one attached hydrogen (secondary N) is 1. The van der Waals surface area contributed by atoms with Crippen LogP contribution in [-0.2, 0) is 0 Å². The molecule has 2 aliphatic rings. The van der Waals surface area contributed by atoms with Crippen LogP contribution >= 0.6 is 0 Å². The molecule has 0 amide bonds. The summed E-state index contributed by atoms with van der Waals surface area (Å²) >= 11 is 0. The fourth-order valence-electron chi connectivity index (χ4n) is 4.48. The lowest BCUT2D eigenvalue weighted by Crippen LogP contribution is -2.63. The van der Waals surface area contributed by atoms with Crippen molar-refractivity contribution in [3.63, 3.8) is 0 Å². The van der Waals surface area contributed by atoms with Gasteiger partial charge in [0.05, 0.1) is 0 Å². The van der Waals surface area contributed by atoms with Crippen molar-refractivity contribution in [3.05, 3.63) is 0 Å². The van der Waals surface area contributed by atoms with E-state index in [9.17, 15) is 0 Å². The van der Waals surface area contributed by atoms with Crippen molar-refractivity contribution in [1.82, 2.24) is 10.2 Å². The van der Waals surface area contributed by atoms with Crippen LogP contribution in [0.3, 0.4) is 0 Å². The van der Waals surface area contributed by atoms with Gasteiger partial charge in [0.2, 0.25) is 0 Å². The highest BCUT2D eigenvalue weighted by molar-refractivity contribution is 4.97. The van der Waals surface area contributed by atoms with Crippen LogP contribution in [0.2, 0.25) is 0 Å². The second-order valence-corrected chi connectivity index (χ2v) is 8.35. The summed E-state index contributed by atoms with van der Waals surface area (Å²) in [7, 11) is 0. The van der Waals surface area contributed by atoms with Crippen LogP contribution in [0.5, 0.6) is 0 Å². The van der Waals surface area contributed by atoms with E-state index >= 15 is 0 Å². The lowest BCUT2D eigenvalue weighted by molar-refractivity contribution is 0.0409. The standard InChI is InChI=1S/C18H36N2/c1-6-17(5)13-20(16(4)12-19-17)14-18(11-15(2)3)9-7-8-10-18/h15-16,19H,6-14H2,1-5H3. The van der Waals surface area contributed by atoms with Gasteiger partial charge in [0.1, 0.15) is 0 Å². The number of hydrogen-bond donors (Lipinski definition) is 1. The third kappa shape index (κ3) is 3.76. The smallest absolute Gasteiger partial charge is 0.0278 e. The van der Waals surface area contributed by atoms with Gasteiger partial charge in [0.25, 0.3) is 0 Å². The van der Waals surface area contributed by atoms with Crippen LogP contribution in [0.25, 0.3) is 0 Å². The van der Waals surface area contributed by atoms with Crippen LogP contribution in [0, 0.1) is 11.3 Å². The zero-order valence-electron chi connectivity index (χ0n) is 14.5. The Hall–Kier alpha value is -0.0800. The molecule has 1 saturated carbocycles. The van der Waals surface area contributed by atoms with Crippen molar-refractivity contribution in [2.45, 2.75) is 84.7 Å². The van der Waals surface area contributed by atoms with Gasteiger partial charge in [-0.25, -0.2) is 0 Å². The Morgan fingerprint density at radius 2 is 1.90 bits per heavy atom. The van der Waals surface area contributed by atoms with Crippen molar-refractivity contribution in [2.75, 3.05) is 19.6 Å². The van der Waals surface area contributed by atoms with Gasteiger partial charge < -0.3 is 5.32 Å². The average Bonchev–Trinajstić information content (AvgIpc) is 2.81. The fraction of sp³-hybridized carbons (Fsp3) is 1.00. The van der Waals surface area contributed by atoms with E-state index in [0.717, 1.165) is 12.5 Å². The van der Waals surface area contributed by atoms with Crippen LogP contribution in [0.4, 0.5) is 0 Å². The Bertz CT molecular complexity index is 307. The molecule has 2 unspecified atom stereocenters. The van der Waals surface area contributed by atoms with Gasteiger partial charge in [-0.15, -0.1) is 0 Å². The van der Waals surface area contributed by atoms with Crippen LogP contribution in [-0.4, -0.2) is 36.1 Å². The first-order valence-electron chi connectivity index (χ1n) is 8.87. The van der Waals surface area contributed by atoms with E-state index in [1.54, 1.807) is 0 Å². The number of piperazine rings is 1. The molecule has 2 atom stereocenters. The highest BCUT2D eigenvalue weighted by Gasteiger charge is 2.40. The second-order valence-electron chi connectivity index (χ2n) is 8.35. The van der Waals surface area contributed by atoms with E-state index < -0.39 is 0 Å². The van der Waals surface area contributed by atoms with Gasteiger partial charge in [-0.05, 0) is 50.9 Å². The quantitative estimate of drug-likeness (QED) is 0.817. The van der Waals surface area contributed by atoms with Gasteiger partial charge >= 0.3 is 0 Å². The molecule has 0 aromatic rings. The van der Waals surface area contributed by atoms with E-state index in [0.29, 0.717) is 17.0 Å². The molecule has 20 heavy (non-hydrogen) atoms. The second kappa shape index (κ2) is 6.36. The average molecular weight is 280 g/mol. The zero-order chi connectivity index (χ0) is 14.8. The Morgan fingerprint density at radius 3 is 2.45 bits per heavy atom. The number of hydrogen-bond acceptors (Lipinski definition) is 2. The topological polar surface area (TPSA) is 15.3 Å². The molecule has 2 fully saturated rings. The molecule has 2 nitrogen and oxygen atoms in total. The zero-order valence-corrected chi connectivity index (χ0v) is 14.5. The molecule has 0 aromatic heterocycles. The normalized spacial score (nSPS) is 34.8. The molecule has 1 N–H and O–H groups in total. The summed E-state index contributed by atoms with van der Waals surface area (Å²) < 4.78 is 0. The van der Waals surface area contributed by atoms with E-state index in [1.165, 1.54) is 51.6 Å². The molecular weight excluding hydrogens is 244 g/mol. The highest BCUT2D eigenvalue weighted by Crippen LogP contribution is 2.44. The van der Waals surface area contributed by atoms with E-state index in [4.69, 9.17) is 0 Å². The van der Waals surface area contributed by atoms with Crippen LogP contribution in [0.1, 0.15) is 73.1 Å². The maximum Gasteiger partial charge on any atom is 0.0278 e. The fourth-order valence-corrected chi connectivity index (χ4v) is 4.48. The number of rotatable bonds is 5. The molecule has 0 aromatic carbocycles. The summed E-state index contributed by atoms with van der Waals surface area (Å²) in [5.41, 5.74) is 0.943. The predicted molar refractivity (Wildman–Crippen MR) is 88.1 cm³/mol. The molecule has 0 radical (unpaired) electrons. The first-order valence-corrected chi connectivity index (χ1v) is 8.87. The highest BCUT2D eigenvalue weighted by atomic mass is 15.3. The van der Waals surface area contributed by atoms with Crippen LogP contribution in [0.15, 0.2) is 0 Å². The van der Waals surface area contributed by atoms with Crippen molar-refractivity contribution in [1.29, 1.82) is 0 Å². The van der Waals surface area contributed by atoms with Gasteiger partial charge in [-0.2, -0.15) is 0 Å². The SMILES string of the molecule is CCC1(C)CN(CC2(CC(C)C)CCCC2)C(C)CN1. The summed E-state index contributed by atoms with van der Waals surface area (Å²) in [6.45, 7) is 15.6. The summed E-state index contributed by atoms with van der Waals surface area (Å²) in [5, 5.41) is 3.76. The Balaban J connectivity index is 2.05. The summed E-state index contributed by atoms with van der Waals surface area (Å²) in [5.74, 6) is 0.837. The molecule has 1 heterocycles. The third-order valence-corrected chi connectivity index (χ3v) is 5.82. The first-order chi connectivity index (χ1) is 9.38. The van der Waals surface area contributed by atoms with Crippen LogP contribution < -0.4 is 5.32 Å². The Kier molecular flexibility index (Phi) is 5.18. The van der Waals surface area contributed by atoms with E-state index in [-0.39, 0.29) is 0 Å². The molecular formula is C18H36N2. The molecule has 1 aliphatic heterocycles. The Morgan fingerprint density at radius 1 is 1.25 bits per heavy atom. The molecule has 2 heteroatoms. The maximum atomic E-state index is 3.76. The van der Waals surface area contributed by atoms with Gasteiger partial charge in [0, 0.05) is 31.2 Å². The van der Waals surface area contributed by atoms with Crippen molar-refractivity contribution < 1.29 is 0 Å². The predicted octanol–water partition coefficient (Wildman–Crippen LogP) is 4.06. The third-order valence-electron chi connectivity index (χ3n) is 5.82. The van der Waals surface area contributed by atoms with Gasteiger partial charge in [0.15, 0.2) is 0 Å². The Labute approximate surface area is 126 Å². The van der Waals surface area contributed by atoms with E-state index in [1.807, 2.05) is 0 Å². The lowest BCUT2D eigenvalue weighted by Gasteiger charge is -2.48. The number of nitrogens with zero attached hydrogens (tertiary/aromatic N) is 1. The van der Waals surface area contributed by atoms with Gasteiger partial charge in [-0.3, -0.25) is 4.90 Å². The lowest BCUT2D eigenvalue weighted by atomic mass is 9.77. The summed E-state index contributed by atoms with van der Waals surface area (Å²) in [6.07, 6.45) is 8.49. The van der Waals surface area contributed by atoms with E-state index in [2.05, 4.69) is 44.8 Å². The minimum atomic E-state index is 0.324. The summed E-state index contributed by atoms with van der Waals surface area (Å²) in [4.78, 5) is 2.80. The van der Waals surface area contributed by atoms with Crippen molar-refractivity contribution >= 4 is 0 Å². The minimum absolute atomic E-state index is 0.324. The minimum Gasteiger partial charge on any atom is -0.309 e. The molecule has 118 valence electrons. The molecule has 1 aliphatic carbocycles.